The zero-order valence-electron chi connectivity index (χ0n) is 18.3. The van der Waals surface area contributed by atoms with Crippen LogP contribution in [0.25, 0.3) is 0 Å². The first-order valence-electron chi connectivity index (χ1n) is 11.1. The highest BCUT2D eigenvalue weighted by atomic mass is 32.1. The van der Waals surface area contributed by atoms with Crippen LogP contribution >= 0.6 is 11.3 Å². The van der Waals surface area contributed by atoms with Crippen molar-refractivity contribution in [2.75, 3.05) is 25.1 Å². The van der Waals surface area contributed by atoms with Crippen LogP contribution in [-0.2, 0) is 28.7 Å². The Hall–Kier alpha value is -3.01. The first-order chi connectivity index (χ1) is 15.9. The molecular weight excluding hydrogens is 448 g/mol. The molecule has 3 amide bonds. The standard InChI is InChI=1S/C23H26N2O7S/c1-2-31-23(30)19-16(13-7-8-13)12-33-20(19)24-17(26)11-32-18(27)9-10-25-21(28)14-5-3-4-6-15(14)22(25)29/h3-4,12-15H,2,5-11H2,1H3,(H,24,26). The molecule has 1 saturated heterocycles. The van der Waals surface area contributed by atoms with Crippen LogP contribution in [0, 0.1) is 11.8 Å². The van der Waals surface area contributed by atoms with Gasteiger partial charge in [0.05, 0.1) is 30.4 Å². The lowest BCUT2D eigenvalue weighted by Crippen LogP contribution is -2.33. The smallest absolute Gasteiger partial charge is 0.341 e. The number of esters is 2. The van der Waals surface area contributed by atoms with E-state index in [9.17, 15) is 24.0 Å². The molecule has 1 aromatic heterocycles. The average molecular weight is 475 g/mol. The molecule has 33 heavy (non-hydrogen) atoms. The Morgan fingerprint density at radius 1 is 1.09 bits per heavy atom. The summed E-state index contributed by atoms with van der Waals surface area (Å²) in [6.45, 7) is 1.35. The molecule has 2 aliphatic carbocycles. The highest BCUT2D eigenvalue weighted by Crippen LogP contribution is 2.46. The van der Waals surface area contributed by atoms with E-state index < -0.39 is 24.5 Å². The van der Waals surface area contributed by atoms with Crippen molar-refractivity contribution >= 4 is 46.0 Å². The van der Waals surface area contributed by atoms with Gasteiger partial charge < -0.3 is 14.8 Å². The Morgan fingerprint density at radius 2 is 1.76 bits per heavy atom. The van der Waals surface area contributed by atoms with E-state index in [1.807, 2.05) is 17.5 Å². The van der Waals surface area contributed by atoms with E-state index in [2.05, 4.69) is 5.32 Å². The molecule has 1 aliphatic heterocycles. The van der Waals surface area contributed by atoms with Gasteiger partial charge in [0.2, 0.25) is 11.8 Å². The maximum atomic E-state index is 12.4. The summed E-state index contributed by atoms with van der Waals surface area (Å²) in [7, 11) is 0. The zero-order valence-corrected chi connectivity index (χ0v) is 19.2. The number of carbonyl (C=O) groups is 5. The van der Waals surface area contributed by atoms with E-state index in [-0.39, 0.29) is 43.2 Å². The molecule has 1 aromatic rings. The lowest BCUT2D eigenvalue weighted by Gasteiger charge is -2.14. The van der Waals surface area contributed by atoms with E-state index in [0.29, 0.717) is 29.3 Å². The molecule has 2 fully saturated rings. The predicted octanol–water partition coefficient (Wildman–Crippen LogP) is 2.63. The number of nitrogens with zero attached hydrogens (tertiary/aromatic N) is 1. The number of thiophene rings is 1. The molecule has 10 heteroatoms. The quantitative estimate of drug-likeness (QED) is 0.332. The Kier molecular flexibility index (Phi) is 6.92. The fourth-order valence-corrected chi connectivity index (χ4v) is 5.29. The van der Waals surface area contributed by atoms with Crippen molar-refractivity contribution in [3.05, 3.63) is 28.7 Å². The molecular formula is C23H26N2O7S. The van der Waals surface area contributed by atoms with Gasteiger partial charge in [-0.2, -0.15) is 0 Å². The lowest BCUT2D eigenvalue weighted by molar-refractivity contribution is -0.148. The van der Waals surface area contributed by atoms with E-state index >= 15 is 0 Å². The molecule has 9 nitrogen and oxygen atoms in total. The van der Waals surface area contributed by atoms with E-state index in [0.717, 1.165) is 23.3 Å². The maximum Gasteiger partial charge on any atom is 0.341 e. The first-order valence-corrected chi connectivity index (χ1v) is 12.0. The third-order valence-electron chi connectivity index (χ3n) is 6.07. The van der Waals surface area contributed by atoms with Gasteiger partial charge in [-0.3, -0.25) is 24.1 Å². The first kappa shape index (κ1) is 23.2. The highest BCUT2D eigenvalue weighted by Gasteiger charge is 2.47. The van der Waals surface area contributed by atoms with Crippen LogP contribution in [-0.4, -0.2) is 54.3 Å². The average Bonchev–Trinajstić information content (AvgIpc) is 3.52. The number of allylic oxidation sites excluding steroid dienone is 2. The van der Waals surface area contributed by atoms with Gasteiger partial charge in [0, 0.05) is 6.54 Å². The molecule has 176 valence electrons. The van der Waals surface area contributed by atoms with Crippen molar-refractivity contribution in [3.63, 3.8) is 0 Å². The number of fused-ring (bicyclic) bond motifs is 1. The molecule has 1 saturated carbocycles. The van der Waals surface area contributed by atoms with E-state index in [4.69, 9.17) is 9.47 Å². The van der Waals surface area contributed by atoms with Crippen molar-refractivity contribution < 1.29 is 33.4 Å². The van der Waals surface area contributed by atoms with Crippen LogP contribution in [0.2, 0.25) is 0 Å². The zero-order chi connectivity index (χ0) is 23.5. The molecule has 0 bridgehead atoms. The summed E-state index contributed by atoms with van der Waals surface area (Å²) in [6, 6.07) is 0. The second-order valence-corrected chi connectivity index (χ2v) is 9.21. The van der Waals surface area contributed by atoms with Crippen molar-refractivity contribution in [2.24, 2.45) is 11.8 Å². The number of rotatable bonds is 9. The van der Waals surface area contributed by atoms with E-state index in [1.54, 1.807) is 6.92 Å². The Bertz CT molecular complexity index is 984. The maximum absolute atomic E-state index is 12.4. The number of carbonyl (C=O) groups excluding carboxylic acids is 5. The molecule has 0 radical (unpaired) electrons. The van der Waals surface area contributed by atoms with Gasteiger partial charge in [0.25, 0.3) is 5.91 Å². The Balaban J connectivity index is 1.27. The summed E-state index contributed by atoms with van der Waals surface area (Å²) in [5, 5.41) is 4.86. The second kappa shape index (κ2) is 9.86. The SMILES string of the molecule is CCOC(=O)c1c(C2CC2)csc1NC(=O)COC(=O)CCN1C(=O)C2CC=CCC2C1=O. The molecule has 2 unspecified atom stereocenters. The molecule has 2 heterocycles. The number of likely N-dealkylation sites (tertiary alicyclic amines) is 1. The number of imide groups is 1. The predicted molar refractivity (Wildman–Crippen MR) is 119 cm³/mol. The summed E-state index contributed by atoms with van der Waals surface area (Å²) in [6.07, 6.45) is 6.68. The van der Waals surface area contributed by atoms with Gasteiger partial charge in [-0.15, -0.1) is 11.3 Å². The van der Waals surface area contributed by atoms with Crippen LogP contribution in [0.15, 0.2) is 17.5 Å². The number of hydrogen-bond donors (Lipinski definition) is 1. The van der Waals surface area contributed by atoms with Crippen molar-refractivity contribution in [2.45, 2.75) is 44.9 Å². The van der Waals surface area contributed by atoms with Gasteiger partial charge in [0.1, 0.15) is 5.00 Å². The van der Waals surface area contributed by atoms with E-state index in [1.165, 1.54) is 11.3 Å². The van der Waals surface area contributed by atoms with Gasteiger partial charge in [0.15, 0.2) is 6.61 Å². The minimum Gasteiger partial charge on any atom is -0.462 e. The van der Waals surface area contributed by atoms with Gasteiger partial charge >= 0.3 is 11.9 Å². The van der Waals surface area contributed by atoms with Crippen LogP contribution in [0.5, 0.6) is 0 Å². The summed E-state index contributed by atoms with van der Waals surface area (Å²) in [5.74, 6) is -2.64. The Morgan fingerprint density at radius 3 is 2.36 bits per heavy atom. The van der Waals surface area contributed by atoms with Gasteiger partial charge in [-0.25, -0.2) is 4.79 Å². The normalized spacial score (nSPS) is 21.7. The van der Waals surface area contributed by atoms with Crippen LogP contribution in [0.3, 0.4) is 0 Å². The third kappa shape index (κ3) is 5.00. The lowest BCUT2D eigenvalue weighted by atomic mass is 9.85. The number of amides is 3. The van der Waals surface area contributed by atoms with Crippen molar-refractivity contribution in [3.8, 4) is 0 Å². The minimum atomic E-state index is -0.686. The number of ether oxygens (including phenoxy) is 2. The van der Waals surface area contributed by atoms with Gasteiger partial charge in [-0.05, 0) is 49.5 Å². The monoisotopic (exact) mass is 474 g/mol. The highest BCUT2D eigenvalue weighted by molar-refractivity contribution is 7.15. The Labute approximate surface area is 195 Å². The molecule has 0 spiro atoms. The fourth-order valence-electron chi connectivity index (χ4n) is 4.25. The molecule has 0 aromatic carbocycles. The number of nitrogens with one attached hydrogen (secondary N) is 1. The van der Waals surface area contributed by atoms with Crippen LogP contribution in [0.1, 0.15) is 60.9 Å². The summed E-state index contributed by atoms with van der Waals surface area (Å²) >= 11 is 1.24. The summed E-state index contributed by atoms with van der Waals surface area (Å²) in [5.41, 5.74) is 1.24. The van der Waals surface area contributed by atoms with Crippen LogP contribution < -0.4 is 5.32 Å². The largest absolute Gasteiger partial charge is 0.462 e. The summed E-state index contributed by atoms with van der Waals surface area (Å²) < 4.78 is 10.1. The summed E-state index contributed by atoms with van der Waals surface area (Å²) in [4.78, 5) is 62.8. The molecule has 1 N–H and O–H groups in total. The van der Waals surface area contributed by atoms with Crippen molar-refractivity contribution in [1.29, 1.82) is 0 Å². The molecule has 3 aliphatic rings. The fraction of sp³-hybridized carbons (Fsp3) is 0.522. The molecule has 2 atom stereocenters. The van der Waals surface area contributed by atoms with Gasteiger partial charge in [-0.1, -0.05) is 12.2 Å². The molecule has 4 rings (SSSR count). The topological polar surface area (TPSA) is 119 Å². The number of anilines is 1. The minimum absolute atomic E-state index is 0.0617. The van der Waals surface area contributed by atoms with Crippen LogP contribution in [0.4, 0.5) is 5.00 Å². The third-order valence-corrected chi connectivity index (χ3v) is 6.99. The number of hydrogen-bond acceptors (Lipinski definition) is 8. The second-order valence-electron chi connectivity index (χ2n) is 8.33. The van der Waals surface area contributed by atoms with Crippen molar-refractivity contribution in [1.82, 2.24) is 4.90 Å².